The maximum atomic E-state index is 12.3. The topological polar surface area (TPSA) is 81.8 Å². The van der Waals surface area contributed by atoms with E-state index in [-0.39, 0.29) is 29.8 Å². The van der Waals surface area contributed by atoms with Crippen LogP contribution in [0.2, 0.25) is 0 Å². The molecule has 7 heteroatoms. The summed E-state index contributed by atoms with van der Waals surface area (Å²) in [6.45, 7) is 1.08. The van der Waals surface area contributed by atoms with E-state index in [0.717, 1.165) is 30.5 Å². The van der Waals surface area contributed by atoms with Gasteiger partial charge in [-0.3, -0.25) is 9.59 Å². The second-order valence-corrected chi connectivity index (χ2v) is 7.14. The summed E-state index contributed by atoms with van der Waals surface area (Å²) in [5.74, 6) is 0.366. The number of hydrogen-bond acceptors (Lipinski definition) is 3. The normalized spacial score (nSPS) is 20.0. The van der Waals surface area contributed by atoms with Crippen LogP contribution in [0.3, 0.4) is 0 Å². The van der Waals surface area contributed by atoms with Gasteiger partial charge in [-0.15, -0.1) is 0 Å². The summed E-state index contributed by atoms with van der Waals surface area (Å²) in [5.41, 5.74) is 2.51. The molecule has 2 heterocycles. The molecule has 0 atom stereocenters. The van der Waals surface area contributed by atoms with Gasteiger partial charge in [-0.25, -0.2) is 4.79 Å². The molecule has 7 nitrogen and oxygen atoms in total. The van der Waals surface area contributed by atoms with Crippen LogP contribution in [0.15, 0.2) is 18.2 Å². The van der Waals surface area contributed by atoms with E-state index in [1.165, 1.54) is 0 Å². The van der Waals surface area contributed by atoms with Crippen molar-refractivity contribution in [3.8, 4) is 0 Å². The number of fused-ring (bicyclic) bond motifs is 1. The summed E-state index contributed by atoms with van der Waals surface area (Å²) >= 11 is 0. The van der Waals surface area contributed by atoms with Crippen molar-refractivity contribution in [1.29, 1.82) is 0 Å². The fourth-order valence-corrected chi connectivity index (χ4v) is 3.48. The fraction of sp³-hybridized carbons (Fsp3) is 0.500. The predicted octanol–water partition coefficient (Wildman–Crippen LogP) is 1.34. The van der Waals surface area contributed by atoms with Gasteiger partial charge in [-0.2, -0.15) is 0 Å². The van der Waals surface area contributed by atoms with Crippen molar-refractivity contribution >= 4 is 29.2 Å². The number of rotatable bonds is 3. The van der Waals surface area contributed by atoms with Gasteiger partial charge in [-0.05, 0) is 36.6 Å². The van der Waals surface area contributed by atoms with Gasteiger partial charge < -0.3 is 20.4 Å². The predicted molar refractivity (Wildman–Crippen MR) is 93.4 cm³/mol. The quantitative estimate of drug-likeness (QED) is 0.870. The maximum absolute atomic E-state index is 12.3. The number of urea groups is 1. The molecule has 3 aliphatic rings. The first-order chi connectivity index (χ1) is 12.0. The van der Waals surface area contributed by atoms with Crippen molar-refractivity contribution in [1.82, 2.24) is 10.2 Å². The van der Waals surface area contributed by atoms with Gasteiger partial charge in [-0.1, -0.05) is 6.42 Å². The minimum atomic E-state index is -0.174. The van der Waals surface area contributed by atoms with Crippen LogP contribution in [-0.4, -0.2) is 48.9 Å². The standard InChI is InChI=1S/C18H22N4O3/c1-21-15-6-5-13(7-12(15)8-16(21)23)20-18(25)22-9-14(10-22)19-17(24)11-3-2-4-11/h5-7,11,14H,2-4,8-10H2,1H3,(H,19,24)(H,20,25). The average molecular weight is 342 g/mol. The maximum Gasteiger partial charge on any atom is 0.321 e. The summed E-state index contributed by atoms with van der Waals surface area (Å²) in [6.07, 6.45) is 3.48. The number of nitrogens with one attached hydrogen (secondary N) is 2. The molecule has 2 aliphatic heterocycles. The second-order valence-electron chi connectivity index (χ2n) is 7.14. The van der Waals surface area contributed by atoms with Crippen LogP contribution in [0, 0.1) is 5.92 Å². The zero-order valence-corrected chi connectivity index (χ0v) is 14.2. The molecule has 132 valence electrons. The molecular formula is C18H22N4O3. The van der Waals surface area contributed by atoms with Crippen LogP contribution in [-0.2, 0) is 16.0 Å². The zero-order chi connectivity index (χ0) is 17.6. The van der Waals surface area contributed by atoms with Crippen molar-refractivity contribution in [2.24, 2.45) is 5.92 Å². The Bertz CT molecular complexity index is 738. The van der Waals surface area contributed by atoms with E-state index in [0.29, 0.717) is 25.2 Å². The molecule has 25 heavy (non-hydrogen) atoms. The minimum Gasteiger partial charge on any atom is -0.350 e. The molecule has 2 fully saturated rings. The first-order valence-corrected chi connectivity index (χ1v) is 8.77. The number of likely N-dealkylation sites (tertiary alicyclic amines) is 1. The molecule has 0 bridgehead atoms. The molecule has 1 aromatic carbocycles. The number of amides is 4. The van der Waals surface area contributed by atoms with Crippen LogP contribution >= 0.6 is 0 Å². The van der Waals surface area contributed by atoms with Crippen molar-refractivity contribution in [3.05, 3.63) is 23.8 Å². The van der Waals surface area contributed by atoms with E-state index in [2.05, 4.69) is 10.6 Å². The summed E-state index contributed by atoms with van der Waals surface area (Å²) in [7, 11) is 1.75. The van der Waals surface area contributed by atoms with Crippen molar-refractivity contribution in [2.45, 2.75) is 31.7 Å². The van der Waals surface area contributed by atoms with Crippen molar-refractivity contribution in [3.63, 3.8) is 0 Å². The molecule has 1 saturated carbocycles. The third-order valence-electron chi connectivity index (χ3n) is 5.40. The van der Waals surface area contributed by atoms with Gasteiger partial charge in [0, 0.05) is 37.4 Å². The first-order valence-electron chi connectivity index (χ1n) is 8.77. The Morgan fingerprint density at radius 1 is 1.20 bits per heavy atom. The van der Waals surface area contributed by atoms with Crippen LogP contribution in [0.4, 0.5) is 16.2 Å². The second kappa shape index (κ2) is 6.06. The van der Waals surface area contributed by atoms with Gasteiger partial charge in [0.2, 0.25) is 11.8 Å². The molecule has 0 aromatic heterocycles. The Kier molecular flexibility index (Phi) is 3.86. The highest BCUT2D eigenvalue weighted by molar-refractivity contribution is 6.02. The van der Waals surface area contributed by atoms with Gasteiger partial charge in [0.15, 0.2) is 0 Å². The van der Waals surface area contributed by atoms with Gasteiger partial charge >= 0.3 is 6.03 Å². The molecule has 4 amide bonds. The number of hydrogen-bond donors (Lipinski definition) is 2. The summed E-state index contributed by atoms with van der Waals surface area (Å²) in [4.78, 5) is 39.2. The van der Waals surface area contributed by atoms with Crippen molar-refractivity contribution < 1.29 is 14.4 Å². The Morgan fingerprint density at radius 2 is 1.96 bits per heavy atom. The molecule has 0 spiro atoms. The highest BCUT2D eigenvalue weighted by atomic mass is 16.2. The zero-order valence-electron chi connectivity index (χ0n) is 14.2. The lowest BCUT2D eigenvalue weighted by Gasteiger charge is -2.40. The van der Waals surface area contributed by atoms with Crippen LogP contribution in [0.1, 0.15) is 24.8 Å². The van der Waals surface area contributed by atoms with Gasteiger partial charge in [0.25, 0.3) is 0 Å². The lowest BCUT2D eigenvalue weighted by molar-refractivity contribution is -0.129. The average Bonchev–Trinajstić information content (AvgIpc) is 2.75. The largest absolute Gasteiger partial charge is 0.350 e. The van der Waals surface area contributed by atoms with E-state index in [4.69, 9.17) is 0 Å². The number of carbonyl (C=O) groups excluding carboxylic acids is 3. The Morgan fingerprint density at radius 3 is 2.64 bits per heavy atom. The lowest BCUT2D eigenvalue weighted by atomic mass is 9.84. The van der Waals surface area contributed by atoms with Crippen LogP contribution in [0.5, 0.6) is 0 Å². The minimum absolute atomic E-state index is 0.0603. The number of carbonyl (C=O) groups is 3. The molecule has 0 unspecified atom stereocenters. The summed E-state index contributed by atoms with van der Waals surface area (Å²) in [6, 6.07) is 5.40. The van der Waals surface area contributed by atoms with E-state index < -0.39 is 0 Å². The number of likely N-dealkylation sites (N-methyl/N-ethyl adjacent to an activating group) is 1. The first kappa shape index (κ1) is 15.9. The van der Waals surface area contributed by atoms with Gasteiger partial charge in [0.1, 0.15) is 0 Å². The number of nitrogens with zero attached hydrogens (tertiary/aromatic N) is 2. The van der Waals surface area contributed by atoms with Crippen molar-refractivity contribution in [2.75, 3.05) is 30.4 Å². The monoisotopic (exact) mass is 342 g/mol. The molecular weight excluding hydrogens is 320 g/mol. The highest BCUT2D eigenvalue weighted by Crippen LogP contribution is 2.30. The molecule has 0 radical (unpaired) electrons. The summed E-state index contributed by atoms with van der Waals surface area (Å²) in [5, 5.41) is 5.87. The third-order valence-corrected chi connectivity index (χ3v) is 5.40. The van der Waals surface area contributed by atoms with E-state index in [9.17, 15) is 14.4 Å². The summed E-state index contributed by atoms with van der Waals surface area (Å²) < 4.78 is 0. The number of benzene rings is 1. The SMILES string of the molecule is CN1C(=O)Cc2cc(NC(=O)N3CC(NC(=O)C4CCC4)C3)ccc21. The van der Waals surface area contributed by atoms with E-state index in [1.54, 1.807) is 16.8 Å². The Labute approximate surface area is 146 Å². The highest BCUT2D eigenvalue weighted by Gasteiger charge is 2.34. The van der Waals surface area contributed by atoms with Crippen LogP contribution in [0.25, 0.3) is 0 Å². The van der Waals surface area contributed by atoms with Gasteiger partial charge in [0.05, 0.1) is 12.5 Å². The molecule has 1 aliphatic carbocycles. The molecule has 4 rings (SSSR count). The fourth-order valence-electron chi connectivity index (χ4n) is 3.48. The lowest BCUT2D eigenvalue weighted by Crippen LogP contribution is -2.62. The molecule has 2 N–H and O–H groups in total. The number of anilines is 2. The Balaban J connectivity index is 1.28. The smallest absolute Gasteiger partial charge is 0.321 e. The third kappa shape index (κ3) is 2.94. The molecule has 1 aromatic rings. The molecule has 1 saturated heterocycles. The Hall–Kier alpha value is -2.57. The van der Waals surface area contributed by atoms with Crippen LogP contribution < -0.4 is 15.5 Å². The van der Waals surface area contributed by atoms with E-state index in [1.807, 2.05) is 18.2 Å². The van der Waals surface area contributed by atoms with E-state index >= 15 is 0 Å².